The fourth-order valence-corrected chi connectivity index (χ4v) is 5.14. The number of halogens is 1. The van der Waals surface area contributed by atoms with Gasteiger partial charge in [-0.1, -0.05) is 34.1 Å². The smallest absolute Gasteiger partial charge is 0.305 e. The number of thiophene rings is 2. The van der Waals surface area contributed by atoms with Crippen LogP contribution in [-0.4, -0.2) is 15.0 Å². The molecule has 0 saturated heterocycles. The molecule has 0 unspecified atom stereocenters. The van der Waals surface area contributed by atoms with Crippen molar-refractivity contribution in [3.63, 3.8) is 0 Å². The van der Waals surface area contributed by atoms with Gasteiger partial charge in [0.25, 0.3) is 5.56 Å². The van der Waals surface area contributed by atoms with Gasteiger partial charge < -0.3 is 4.98 Å². The van der Waals surface area contributed by atoms with Gasteiger partial charge in [0, 0.05) is 25.9 Å². The van der Waals surface area contributed by atoms with Crippen LogP contribution in [0.1, 0.15) is 0 Å². The average Bonchev–Trinajstić information content (AvgIpc) is 3.30. The Morgan fingerprint density at radius 3 is 2.59 bits per heavy atom. The Labute approximate surface area is 168 Å². The maximum atomic E-state index is 12.3. The van der Waals surface area contributed by atoms with E-state index in [1.165, 1.54) is 11.3 Å². The number of pyridine rings is 1. The van der Waals surface area contributed by atoms with Crippen molar-refractivity contribution in [2.24, 2.45) is 0 Å². The van der Waals surface area contributed by atoms with E-state index in [-0.39, 0.29) is 5.56 Å². The lowest BCUT2D eigenvalue weighted by atomic mass is 10.1. The molecule has 0 radical (unpaired) electrons. The van der Waals surface area contributed by atoms with Crippen LogP contribution in [0.25, 0.3) is 42.1 Å². The molecule has 0 spiro atoms. The van der Waals surface area contributed by atoms with E-state index in [2.05, 4.69) is 25.9 Å². The largest absolute Gasteiger partial charge is 0.326 e. The minimum absolute atomic E-state index is 0.390. The molecule has 0 bridgehead atoms. The van der Waals surface area contributed by atoms with Crippen LogP contribution in [0, 0.1) is 0 Å². The second kappa shape index (κ2) is 6.26. The molecule has 0 fully saturated rings. The monoisotopic (exact) mass is 455 g/mol. The van der Waals surface area contributed by atoms with Gasteiger partial charge in [-0.25, -0.2) is 9.78 Å². The Kier molecular flexibility index (Phi) is 3.85. The Morgan fingerprint density at radius 1 is 1.04 bits per heavy atom. The van der Waals surface area contributed by atoms with Crippen LogP contribution in [0.3, 0.4) is 0 Å². The van der Waals surface area contributed by atoms with Crippen LogP contribution in [0.5, 0.6) is 0 Å². The first-order valence-electron chi connectivity index (χ1n) is 8.00. The zero-order chi connectivity index (χ0) is 18.5. The van der Waals surface area contributed by atoms with Crippen molar-refractivity contribution in [3.8, 4) is 21.7 Å². The molecular weight excluding hydrogens is 446 g/mol. The van der Waals surface area contributed by atoms with E-state index in [1.54, 1.807) is 11.3 Å². The van der Waals surface area contributed by atoms with E-state index in [0.29, 0.717) is 10.2 Å². The molecule has 0 saturated carbocycles. The minimum atomic E-state index is -0.513. The summed E-state index contributed by atoms with van der Waals surface area (Å²) in [7, 11) is 0. The topological polar surface area (TPSA) is 78.6 Å². The van der Waals surface area contributed by atoms with Crippen LogP contribution in [0.4, 0.5) is 0 Å². The Hall–Kier alpha value is -2.55. The number of H-pyrrole nitrogens is 2. The van der Waals surface area contributed by atoms with Crippen LogP contribution < -0.4 is 11.2 Å². The summed E-state index contributed by atoms with van der Waals surface area (Å²) in [5, 5.41) is 2.81. The van der Waals surface area contributed by atoms with Crippen molar-refractivity contribution in [1.29, 1.82) is 0 Å². The average molecular weight is 456 g/mol. The van der Waals surface area contributed by atoms with Crippen molar-refractivity contribution >= 4 is 59.0 Å². The van der Waals surface area contributed by atoms with Gasteiger partial charge in [0.1, 0.15) is 9.53 Å². The van der Waals surface area contributed by atoms with Crippen LogP contribution in [0.15, 0.2) is 61.9 Å². The third-order valence-corrected chi connectivity index (χ3v) is 6.77. The highest BCUT2D eigenvalue weighted by molar-refractivity contribution is 9.10. The normalized spacial score (nSPS) is 11.4. The fraction of sp³-hybridized carbons (Fsp3) is 0. The number of hydrogen-bond acceptors (Lipinski definition) is 5. The van der Waals surface area contributed by atoms with Crippen LogP contribution in [-0.2, 0) is 0 Å². The van der Waals surface area contributed by atoms with Gasteiger partial charge in [0.15, 0.2) is 0 Å². The molecule has 27 heavy (non-hydrogen) atoms. The van der Waals surface area contributed by atoms with Crippen molar-refractivity contribution in [2.45, 2.75) is 0 Å². The molecule has 5 aromatic rings. The molecule has 0 aliphatic heterocycles. The molecule has 132 valence electrons. The van der Waals surface area contributed by atoms with E-state index < -0.39 is 5.69 Å². The number of rotatable bonds is 2. The lowest BCUT2D eigenvalue weighted by Gasteiger charge is -2.07. The third kappa shape index (κ3) is 2.77. The second-order valence-corrected chi connectivity index (χ2v) is 8.80. The van der Waals surface area contributed by atoms with Crippen LogP contribution >= 0.6 is 38.6 Å². The zero-order valence-electron chi connectivity index (χ0n) is 13.6. The lowest BCUT2D eigenvalue weighted by Crippen LogP contribution is -2.20. The van der Waals surface area contributed by atoms with Gasteiger partial charge >= 0.3 is 5.69 Å². The second-order valence-electron chi connectivity index (χ2n) is 5.93. The molecule has 8 heteroatoms. The molecule has 4 heterocycles. The summed E-state index contributed by atoms with van der Waals surface area (Å²) >= 11 is 6.35. The Morgan fingerprint density at radius 2 is 1.85 bits per heavy atom. The molecular formula is C19H10BrN3O2S2. The van der Waals surface area contributed by atoms with Gasteiger partial charge in [0.2, 0.25) is 0 Å². The highest BCUT2D eigenvalue weighted by atomic mass is 79.9. The summed E-state index contributed by atoms with van der Waals surface area (Å²) < 4.78 is 1.47. The molecule has 0 atom stereocenters. The van der Waals surface area contributed by atoms with Crippen LogP contribution in [0.2, 0.25) is 0 Å². The van der Waals surface area contributed by atoms with E-state index in [0.717, 1.165) is 36.4 Å². The number of hydrogen-bond donors (Lipinski definition) is 2. The van der Waals surface area contributed by atoms with Crippen molar-refractivity contribution < 1.29 is 0 Å². The van der Waals surface area contributed by atoms with E-state index in [9.17, 15) is 9.59 Å². The summed E-state index contributed by atoms with van der Waals surface area (Å²) in [6.07, 6.45) is 0. The molecule has 2 N–H and O–H groups in total. The number of aromatic amines is 2. The molecule has 0 aliphatic carbocycles. The first-order valence-corrected chi connectivity index (χ1v) is 10.5. The SMILES string of the molecule is O=c1[nH]c(=O)c2sc3nc(-c4ccc(Br)cc4)cc(-c4cccs4)c3c2[nH]1. The molecule has 0 aliphatic rings. The summed E-state index contributed by atoms with van der Waals surface area (Å²) in [6.45, 7) is 0. The molecule has 5 nitrogen and oxygen atoms in total. The van der Waals surface area contributed by atoms with E-state index >= 15 is 0 Å². The molecule has 0 amide bonds. The van der Waals surface area contributed by atoms with Crippen molar-refractivity contribution in [2.75, 3.05) is 0 Å². The molecule has 5 rings (SSSR count). The number of fused-ring (bicyclic) bond motifs is 3. The summed E-state index contributed by atoms with van der Waals surface area (Å²) in [4.78, 5) is 35.7. The Bertz CT molecular complexity index is 1410. The van der Waals surface area contributed by atoms with Gasteiger partial charge in [-0.15, -0.1) is 22.7 Å². The summed E-state index contributed by atoms with van der Waals surface area (Å²) in [5.41, 5.74) is 2.41. The van der Waals surface area contributed by atoms with E-state index in [4.69, 9.17) is 4.98 Å². The number of nitrogens with zero attached hydrogens (tertiary/aromatic N) is 1. The maximum Gasteiger partial charge on any atom is 0.326 e. The minimum Gasteiger partial charge on any atom is -0.305 e. The number of nitrogens with one attached hydrogen (secondary N) is 2. The first kappa shape index (κ1) is 16.6. The van der Waals surface area contributed by atoms with Gasteiger partial charge in [-0.05, 0) is 29.6 Å². The fourth-order valence-electron chi connectivity index (χ4n) is 3.08. The highest BCUT2D eigenvalue weighted by Crippen LogP contribution is 2.40. The molecule has 1 aromatic carbocycles. The predicted molar refractivity (Wildman–Crippen MR) is 115 cm³/mol. The van der Waals surface area contributed by atoms with Gasteiger partial charge in [0.05, 0.1) is 11.2 Å². The van der Waals surface area contributed by atoms with Crippen molar-refractivity contribution in [1.82, 2.24) is 15.0 Å². The van der Waals surface area contributed by atoms with Gasteiger partial charge in [-0.2, -0.15) is 0 Å². The first-order chi connectivity index (χ1) is 13.1. The number of benzene rings is 1. The number of aromatic nitrogens is 3. The van der Waals surface area contributed by atoms with E-state index in [1.807, 2.05) is 47.8 Å². The quantitative estimate of drug-likeness (QED) is 0.393. The summed E-state index contributed by atoms with van der Waals surface area (Å²) in [6, 6.07) is 14.0. The maximum absolute atomic E-state index is 12.3. The van der Waals surface area contributed by atoms with Gasteiger partial charge in [-0.3, -0.25) is 9.78 Å². The predicted octanol–water partition coefficient (Wildman–Crippen LogP) is 4.98. The Balaban J connectivity index is 1.92. The van der Waals surface area contributed by atoms with Crippen molar-refractivity contribution in [3.05, 3.63) is 73.2 Å². The molecule has 4 aromatic heterocycles. The third-order valence-electron chi connectivity index (χ3n) is 4.26. The lowest BCUT2D eigenvalue weighted by molar-refractivity contribution is 1.09. The zero-order valence-corrected chi connectivity index (χ0v) is 16.8. The highest BCUT2D eigenvalue weighted by Gasteiger charge is 2.18. The standard InChI is InChI=1S/C19H10BrN3O2S2/c20-10-5-3-9(4-6-10)12-8-11(13-2-1-7-26-13)14-15-16(27-18(14)21-12)17(24)23-19(25)22-15/h1-8H,(H2,22,23,24,25). The summed E-state index contributed by atoms with van der Waals surface area (Å²) in [5.74, 6) is 0.